The molecule has 0 aromatic rings. The Kier molecular flexibility index (Phi) is 7.90. The van der Waals surface area contributed by atoms with Crippen LogP contribution >= 0.6 is 0 Å². The number of hydrogen-bond donors (Lipinski definition) is 4. The molecule has 0 radical (unpaired) electrons. The number of carbonyl (C=O) groups excluding carboxylic acids is 2. The van der Waals surface area contributed by atoms with Gasteiger partial charge in [0, 0.05) is 6.42 Å². The second-order valence-corrected chi connectivity index (χ2v) is 3.93. The summed E-state index contributed by atoms with van der Waals surface area (Å²) in [5, 5.41) is 21.4. The smallest absolute Gasteiger partial charge is 0.322 e. The van der Waals surface area contributed by atoms with E-state index < -0.39 is 42.8 Å². The zero-order valence-corrected chi connectivity index (χ0v) is 10.6. The molecule has 0 fully saturated rings. The average molecular weight is 274 g/mol. The maximum absolute atomic E-state index is 11.5. The van der Waals surface area contributed by atoms with Crippen LogP contribution in [0, 0.1) is 0 Å². The van der Waals surface area contributed by atoms with E-state index in [-0.39, 0.29) is 6.42 Å². The van der Waals surface area contributed by atoms with Crippen LogP contribution in [0.25, 0.3) is 0 Å². The molecule has 0 saturated heterocycles. The molecule has 0 aliphatic rings. The fourth-order valence-electron chi connectivity index (χ4n) is 1.27. The van der Waals surface area contributed by atoms with Gasteiger partial charge in [0.05, 0.1) is 6.42 Å². The quantitative estimate of drug-likeness (QED) is 0.441. The molecule has 8 nitrogen and oxygen atoms in total. The third-order valence-electron chi connectivity index (χ3n) is 2.20. The van der Waals surface area contributed by atoms with Crippen molar-refractivity contribution in [1.29, 1.82) is 0 Å². The summed E-state index contributed by atoms with van der Waals surface area (Å²) in [7, 11) is 0. The standard InChI is InChI=1S/C11H18N2O6/c1-2-3-4-8(14)13-7(5-9(15)16)11(19)12-6-10(17)18/h7H,2-6H2,1H3,(H,12,19)(H,13,14)(H,15,16)(H,17,18). The topological polar surface area (TPSA) is 133 Å². The van der Waals surface area contributed by atoms with E-state index in [1.807, 2.05) is 12.2 Å². The van der Waals surface area contributed by atoms with Crippen molar-refractivity contribution < 1.29 is 29.4 Å². The van der Waals surface area contributed by atoms with Gasteiger partial charge in [0.25, 0.3) is 0 Å². The zero-order chi connectivity index (χ0) is 14.8. The third-order valence-corrected chi connectivity index (χ3v) is 2.20. The van der Waals surface area contributed by atoms with Gasteiger partial charge in [-0.25, -0.2) is 0 Å². The lowest BCUT2D eigenvalue weighted by Gasteiger charge is -2.16. The lowest BCUT2D eigenvalue weighted by Crippen LogP contribution is -2.48. The highest BCUT2D eigenvalue weighted by atomic mass is 16.4. The molecule has 0 aromatic heterocycles. The highest BCUT2D eigenvalue weighted by Crippen LogP contribution is 1.98. The maximum atomic E-state index is 11.5. The zero-order valence-electron chi connectivity index (χ0n) is 10.6. The highest BCUT2D eigenvalue weighted by Gasteiger charge is 2.23. The number of rotatable bonds is 9. The molecule has 0 rings (SSSR count). The summed E-state index contributed by atoms with van der Waals surface area (Å²) in [5.41, 5.74) is 0. The summed E-state index contributed by atoms with van der Waals surface area (Å²) in [6.07, 6.45) is 1.02. The first-order valence-corrected chi connectivity index (χ1v) is 5.87. The number of hydrogen-bond acceptors (Lipinski definition) is 4. The molecular weight excluding hydrogens is 256 g/mol. The number of amides is 2. The Morgan fingerprint density at radius 3 is 2.21 bits per heavy atom. The van der Waals surface area contributed by atoms with Gasteiger partial charge in [0.15, 0.2) is 0 Å². The molecule has 0 aliphatic heterocycles. The molecule has 2 amide bonds. The first kappa shape index (κ1) is 16.9. The number of unbranched alkanes of at least 4 members (excludes halogenated alkanes) is 1. The van der Waals surface area contributed by atoms with Gasteiger partial charge < -0.3 is 20.8 Å². The van der Waals surface area contributed by atoms with Gasteiger partial charge in [-0.15, -0.1) is 0 Å². The van der Waals surface area contributed by atoms with Crippen LogP contribution in [0.4, 0.5) is 0 Å². The van der Waals surface area contributed by atoms with Crippen molar-refractivity contribution in [3.05, 3.63) is 0 Å². The van der Waals surface area contributed by atoms with E-state index >= 15 is 0 Å². The number of carbonyl (C=O) groups is 4. The SMILES string of the molecule is CCCCC(=O)NC(CC(=O)O)C(=O)NCC(=O)O. The Morgan fingerprint density at radius 2 is 1.74 bits per heavy atom. The predicted octanol–water partition coefficient (Wildman–Crippen LogP) is -0.663. The van der Waals surface area contributed by atoms with E-state index in [1.54, 1.807) is 0 Å². The minimum atomic E-state index is -1.26. The number of carboxylic acids is 2. The number of carboxylic acid groups (broad SMARTS) is 2. The van der Waals surface area contributed by atoms with Gasteiger partial charge in [0.1, 0.15) is 12.6 Å². The number of aliphatic carboxylic acids is 2. The van der Waals surface area contributed by atoms with Crippen molar-refractivity contribution in [2.45, 2.75) is 38.6 Å². The Bertz CT molecular complexity index is 355. The molecule has 4 N–H and O–H groups in total. The molecule has 1 atom stereocenters. The van der Waals surface area contributed by atoms with Crippen molar-refractivity contribution in [3.63, 3.8) is 0 Å². The minimum Gasteiger partial charge on any atom is -0.481 e. The van der Waals surface area contributed by atoms with Crippen LogP contribution in [0.2, 0.25) is 0 Å². The predicted molar refractivity (Wildman–Crippen MR) is 64.4 cm³/mol. The maximum Gasteiger partial charge on any atom is 0.322 e. The minimum absolute atomic E-state index is 0.193. The Morgan fingerprint density at radius 1 is 1.11 bits per heavy atom. The van der Waals surface area contributed by atoms with E-state index in [2.05, 4.69) is 5.32 Å². The van der Waals surface area contributed by atoms with E-state index in [4.69, 9.17) is 10.2 Å². The number of nitrogens with one attached hydrogen (secondary N) is 2. The van der Waals surface area contributed by atoms with Crippen LogP contribution in [0.1, 0.15) is 32.6 Å². The molecular formula is C11H18N2O6. The highest BCUT2D eigenvalue weighted by molar-refractivity contribution is 5.91. The van der Waals surface area contributed by atoms with Crippen molar-refractivity contribution in [2.24, 2.45) is 0 Å². The molecule has 0 aliphatic carbocycles. The molecule has 108 valence electrons. The van der Waals surface area contributed by atoms with Crippen LogP contribution in [-0.2, 0) is 19.2 Å². The molecule has 19 heavy (non-hydrogen) atoms. The second kappa shape index (κ2) is 8.90. The van der Waals surface area contributed by atoms with Crippen molar-refractivity contribution in [1.82, 2.24) is 10.6 Å². The van der Waals surface area contributed by atoms with Crippen LogP contribution in [0.3, 0.4) is 0 Å². The second-order valence-electron chi connectivity index (χ2n) is 3.93. The van der Waals surface area contributed by atoms with Gasteiger partial charge >= 0.3 is 11.9 Å². The van der Waals surface area contributed by atoms with Gasteiger partial charge in [-0.05, 0) is 6.42 Å². The summed E-state index contributed by atoms with van der Waals surface area (Å²) < 4.78 is 0. The van der Waals surface area contributed by atoms with Gasteiger partial charge in [-0.2, -0.15) is 0 Å². The Balaban J connectivity index is 4.44. The summed E-state index contributed by atoms with van der Waals surface area (Å²) in [6.45, 7) is 1.27. The first-order chi connectivity index (χ1) is 8.86. The van der Waals surface area contributed by atoms with E-state index in [1.165, 1.54) is 0 Å². The van der Waals surface area contributed by atoms with Gasteiger partial charge in [-0.1, -0.05) is 13.3 Å². The third kappa shape index (κ3) is 8.58. The first-order valence-electron chi connectivity index (χ1n) is 5.87. The van der Waals surface area contributed by atoms with E-state index in [0.717, 1.165) is 6.42 Å². The molecule has 0 aromatic carbocycles. The lowest BCUT2D eigenvalue weighted by molar-refractivity contribution is -0.141. The molecule has 1 unspecified atom stereocenters. The normalized spacial score (nSPS) is 11.4. The Labute approximate surface area is 110 Å². The molecule has 0 bridgehead atoms. The van der Waals surface area contributed by atoms with Crippen molar-refractivity contribution in [2.75, 3.05) is 6.54 Å². The summed E-state index contributed by atoms with van der Waals surface area (Å²) in [6, 6.07) is -1.26. The average Bonchev–Trinajstić information content (AvgIpc) is 2.31. The van der Waals surface area contributed by atoms with Crippen LogP contribution in [0.15, 0.2) is 0 Å². The monoisotopic (exact) mass is 274 g/mol. The molecule has 8 heteroatoms. The van der Waals surface area contributed by atoms with E-state index in [0.29, 0.717) is 6.42 Å². The molecule has 0 spiro atoms. The fraction of sp³-hybridized carbons (Fsp3) is 0.636. The Hall–Kier alpha value is -2.12. The molecule has 0 heterocycles. The van der Waals surface area contributed by atoms with Crippen LogP contribution in [0.5, 0.6) is 0 Å². The summed E-state index contributed by atoms with van der Waals surface area (Å²) in [5.74, 6) is -3.76. The summed E-state index contributed by atoms with van der Waals surface area (Å²) in [4.78, 5) is 43.9. The van der Waals surface area contributed by atoms with E-state index in [9.17, 15) is 19.2 Å². The molecule has 0 saturated carbocycles. The van der Waals surface area contributed by atoms with Gasteiger partial charge in [0.2, 0.25) is 11.8 Å². The van der Waals surface area contributed by atoms with Crippen molar-refractivity contribution in [3.8, 4) is 0 Å². The largest absolute Gasteiger partial charge is 0.481 e. The van der Waals surface area contributed by atoms with Crippen LogP contribution < -0.4 is 10.6 Å². The van der Waals surface area contributed by atoms with Crippen LogP contribution in [-0.4, -0.2) is 46.6 Å². The van der Waals surface area contributed by atoms with Crippen molar-refractivity contribution >= 4 is 23.8 Å². The fourth-order valence-corrected chi connectivity index (χ4v) is 1.27. The summed E-state index contributed by atoms with van der Waals surface area (Å²) >= 11 is 0. The lowest BCUT2D eigenvalue weighted by atomic mass is 10.1. The van der Waals surface area contributed by atoms with Gasteiger partial charge in [-0.3, -0.25) is 19.2 Å².